The average molecular weight is 233 g/mol. The summed E-state index contributed by atoms with van der Waals surface area (Å²) in [5.74, 6) is 2.94. The van der Waals surface area contributed by atoms with Gasteiger partial charge in [-0.15, -0.1) is 0 Å². The molecule has 0 saturated carbocycles. The number of hydrogen-bond donors (Lipinski definition) is 2. The smallest absolute Gasteiger partial charge is 0.107 e. The van der Waals surface area contributed by atoms with Gasteiger partial charge < -0.3 is 14.7 Å². The average Bonchev–Trinajstić information content (AvgIpc) is 2.88. The Bertz CT molecular complexity index is 459. The quantitative estimate of drug-likeness (QED) is 0.834. The zero-order chi connectivity index (χ0) is 12.3. The molecule has 2 rings (SSSR count). The lowest BCUT2D eigenvalue weighted by Gasteiger charge is -2.16. The van der Waals surface area contributed by atoms with Crippen molar-refractivity contribution in [1.29, 1.82) is 0 Å². The van der Waals surface area contributed by atoms with Crippen LogP contribution < -0.4 is 5.32 Å². The fourth-order valence-corrected chi connectivity index (χ4v) is 2.14. The Kier molecular flexibility index (Phi) is 3.64. The number of nitrogens with one attached hydrogen (secondary N) is 2. The summed E-state index contributed by atoms with van der Waals surface area (Å²) < 4.78 is 5.59. The first kappa shape index (κ1) is 11.9. The number of likely N-dealkylation sites (N-methyl/N-ethyl adjacent to an activating group) is 1. The van der Waals surface area contributed by atoms with Crippen LogP contribution >= 0.6 is 0 Å². The fourth-order valence-electron chi connectivity index (χ4n) is 2.14. The van der Waals surface area contributed by atoms with Crippen molar-refractivity contribution >= 4 is 0 Å². The molecule has 0 spiro atoms. The minimum atomic E-state index is 0.253. The predicted octanol–water partition coefficient (Wildman–Crippen LogP) is 2.51. The van der Waals surface area contributed by atoms with Gasteiger partial charge >= 0.3 is 0 Å². The van der Waals surface area contributed by atoms with Crippen LogP contribution in [-0.2, 0) is 6.42 Å². The predicted molar refractivity (Wildman–Crippen MR) is 66.9 cm³/mol. The van der Waals surface area contributed by atoms with Crippen molar-refractivity contribution in [3.05, 3.63) is 41.4 Å². The van der Waals surface area contributed by atoms with Gasteiger partial charge in [0.05, 0.1) is 0 Å². The molecular formula is C13H19N3O. The minimum Gasteiger partial charge on any atom is -0.466 e. The molecule has 0 bridgehead atoms. The fraction of sp³-hybridized carbons (Fsp3) is 0.462. The van der Waals surface area contributed by atoms with E-state index < -0.39 is 0 Å². The summed E-state index contributed by atoms with van der Waals surface area (Å²) in [4.78, 5) is 7.41. The molecule has 0 aliphatic rings. The monoisotopic (exact) mass is 233 g/mol. The Balaban J connectivity index is 2.19. The Hall–Kier alpha value is -1.55. The third-order valence-corrected chi connectivity index (χ3v) is 2.86. The van der Waals surface area contributed by atoms with E-state index in [2.05, 4.69) is 28.3 Å². The summed E-state index contributed by atoms with van der Waals surface area (Å²) in [5, 5.41) is 3.47. The summed E-state index contributed by atoms with van der Waals surface area (Å²) in [6, 6.07) is 2.36. The first-order valence-corrected chi connectivity index (χ1v) is 5.99. The number of hydrogen-bond acceptors (Lipinski definition) is 3. The number of furan rings is 1. The molecule has 0 amide bonds. The molecule has 1 atom stereocenters. The Morgan fingerprint density at radius 3 is 2.82 bits per heavy atom. The molecule has 0 fully saturated rings. The maximum atomic E-state index is 5.59. The molecule has 2 aromatic heterocycles. The minimum absolute atomic E-state index is 0.253. The molecule has 92 valence electrons. The Morgan fingerprint density at radius 2 is 2.29 bits per heavy atom. The molecule has 4 nitrogen and oxygen atoms in total. The van der Waals surface area contributed by atoms with E-state index in [-0.39, 0.29) is 6.04 Å². The first-order chi connectivity index (χ1) is 8.20. The summed E-state index contributed by atoms with van der Waals surface area (Å²) in [5.41, 5.74) is 1.22. The molecule has 2 heterocycles. The third-order valence-electron chi connectivity index (χ3n) is 2.86. The lowest BCUT2D eigenvalue weighted by Crippen LogP contribution is -2.23. The van der Waals surface area contributed by atoms with Gasteiger partial charge in [-0.1, -0.05) is 6.92 Å². The molecule has 0 aliphatic carbocycles. The van der Waals surface area contributed by atoms with Crippen molar-refractivity contribution in [2.75, 3.05) is 6.54 Å². The lowest BCUT2D eigenvalue weighted by molar-refractivity contribution is 0.482. The van der Waals surface area contributed by atoms with Crippen LogP contribution in [0.25, 0.3) is 0 Å². The maximum Gasteiger partial charge on any atom is 0.107 e. The zero-order valence-electron chi connectivity index (χ0n) is 10.6. The normalized spacial score (nSPS) is 12.9. The van der Waals surface area contributed by atoms with Gasteiger partial charge in [0.1, 0.15) is 17.3 Å². The van der Waals surface area contributed by atoms with Gasteiger partial charge in [-0.05, 0) is 26.5 Å². The van der Waals surface area contributed by atoms with E-state index in [9.17, 15) is 0 Å². The second kappa shape index (κ2) is 5.19. The largest absolute Gasteiger partial charge is 0.466 e. The van der Waals surface area contributed by atoms with E-state index in [1.807, 2.05) is 20.0 Å². The van der Waals surface area contributed by atoms with E-state index in [0.717, 1.165) is 30.3 Å². The van der Waals surface area contributed by atoms with Gasteiger partial charge in [-0.2, -0.15) is 0 Å². The van der Waals surface area contributed by atoms with Gasteiger partial charge in [-0.3, -0.25) is 0 Å². The summed E-state index contributed by atoms with van der Waals surface area (Å²) in [6.45, 7) is 7.02. The molecule has 0 aliphatic heterocycles. The van der Waals surface area contributed by atoms with Crippen LogP contribution in [0.2, 0.25) is 0 Å². The molecule has 2 N–H and O–H groups in total. The van der Waals surface area contributed by atoms with Crippen molar-refractivity contribution in [2.24, 2.45) is 0 Å². The topological polar surface area (TPSA) is 53.9 Å². The zero-order valence-corrected chi connectivity index (χ0v) is 10.6. The highest BCUT2D eigenvalue weighted by Crippen LogP contribution is 2.23. The molecule has 2 aromatic rings. The highest BCUT2D eigenvalue weighted by atomic mass is 16.3. The van der Waals surface area contributed by atoms with Crippen LogP contribution in [0.1, 0.15) is 35.9 Å². The van der Waals surface area contributed by atoms with Gasteiger partial charge in [-0.25, -0.2) is 4.98 Å². The number of H-pyrrole nitrogens is 1. The van der Waals surface area contributed by atoms with E-state index in [0.29, 0.717) is 0 Å². The van der Waals surface area contributed by atoms with Crippen LogP contribution in [0, 0.1) is 13.8 Å². The second-order valence-electron chi connectivity index (χ2n) is 4.22. The van der Waals surface area contributed by atoms with Crippen LogP contribution in [0.3, 0.4) is 0 Å². The van der Waals surface area contributed by atoms with Gasteiger partial charge in [0.25, 0.3) is 0 Å². The van der Waals surface area contributed by atoms with Crippen LogP contribution in [0.5, 0.6) is 0 Å². The maximum absolute atomic E-state index is 5.59. The lowest BCUT2D eigenvalue weighted by atomic mass is 10.0. The van der Waals surface area contributed by atoms with E-state index in [1.165, 1.54) is 5.56 Å². The highest BCUT2D eigenvalue weighted by Gasteiger charge is 2.17. The van der Waals surface area contributed by atoms with Crippen LogP contribution in [0.4, 0.5) is 0 Å². The van der Waals surface area contributed by atoms with E-state index in [4.69, 9.17) is 4.42 Å². The first-order valence-electron chi connectivity index (χ1n) is 5.99. The van der Waals surface area contributed by atoms with Gasteiger partial charge in [0.2, 0.25) is 0 Å². The van der Waals surface area contributed by atoms with Crippen molar-refractivity contribution in [1.82, 2.24) is 15.3 Å². The highest BCUT2D eigenvalue weighted by molar-refractivity contribution is 5.25. The van der Waals surface area contributed by atoms with E-state index in [1.54, 1.807) is 6.20 Å². The Labute approximate surface area is 101 Å². The SMILES string of the molecule is CCNC(Cc1ncc[nH]1)c1cc(C)oc1C. The van der Waals surface area contributed by atoms with Gasteiger partial charge in [0, 0.05) is 30.4 Å². The molecule has 0 radical (unpaired) electrons. The second-order valence-corrected chi connectivity index (χ2v) is 4.22. The number of aryl methyl sites for hydroxylation is 2. The molecular weight excluding hydrogens is 214 g/mol. The molecule has 0 aromatic carbocycles. The number of aromatic amines is 1. The molecule has 17 heavy (non-hydrogen) atoms. The van der Waals surface area contributed by atoms with E-state index >= 15 is 0 Å². The van der Waals surface area contributed by atoms with Crippen LogP contribution in [0.15, 0.2) is 22.9 Å². The van der Waals surface area contributed by atoms with Crippen molar-refractivity contribution in [3.8, 4) is 0 Å². The molecule has 1 unspecified atom stereocenters. The number of rotatable bonds is 5. The number of imidazole rings is 1. The van der Waals surface area contributed by atoms with Crippen LogP contribution in [-0.4, -0.2) is 16.5 Å². The van der Waals surface area contributed by atoms with Crippen molar-refractivity contribution in [3.63, 3.8) is 0 Å². The van der Waals surface area contributed by atoms with Crippen molar-refractivity contribution in [2.45, 2.75) is 33.2 Å². The number of aromatic nitrogens is 2. The Morgan fingerprint density at radius 1 is 1.47 bits per heavy atom. The van der Waals surface area contributed by atoms with Crippen molar-refractivity contribution < 1.29 is 4.42 Å². The standard InChI is InChI=1S/C13H19N3O/c1-4-14-12(8-13-15-5-6-16-13)11-7-9(2)17-10(11)3/h5-7,12,14H,4,8H2,1-3H3,(H,15,16). The molecule has 4 heteroatoms. The number of nitrogens with zero attached hydrogens (tertiary/aromatic N) is 1. The van der Waals surface area contributed by atoms with Gasteiger partial charge in [0.15, 0.2) is 0 Å². The third kappa shape index (κ3) is 2.77. The molecule has 0 saturated heterocycles. The summed E-state index contributed by atoms with van der Waals surface area (Å²) >= 11 is 0. The summed E-state index contributed by atoms with van der Waals surface area (Å²) in [7, 11) is 0. The summed E-state index contributed by atoms with van der Waals surface area (Å²) in [6.07, 6.45) is 4.48.